The minimum absolute atomic E-state index is 0.163. The lowest BCUT2D eigenvalue weighted by Crippen LogP contribution is -2.54. The lowest BCUT2D eigenvalue weighted by atomic mass is 9.82. The van der Waals surface area contributed by atoms with Crippen LogP contribution in [0.15, 0.2) is 54.6 Å². The van der Waals surface area contributed by atoms with Gasteiger partial charge in [-0.1, -0.05) is 42.5 Å². The third-order valence-corrected chi connectivity index (χ3v) is 9.20. The second kappa shape index (κ2) is 11.2. The summed E-state index contributed by atoms with van der Waals surface area (Å²) in [4.78, 5) is 35.0. The predicted molar refractivity (Wildman–Crippen MR) is 167 cm³/mol. The molecule has 1 spiro atoms. The molecule has 0 N–H and O–H groups in total. The van der Waals surface area contributed by atoms with Crippen LogP contribution in [0.4, 0.5) is 9.59 Å². The molecule has 0 aliphatic carbocycles. The van der Waals surface area contributed by atoms with E-state index in [1.807, 2.05) is 74.2 Å². The lowest BCUT2D eigenvalue weighted by molar-refractivity contribution is -0.0123. The Bertz CT molecular complexity index is 1530. The molecule has 0 bridgehead atoms. The fourth-order valence-electron chi connectivity index (χ4n) is 7.08. The number of para-hydroxylation sites is 1. The van der Waals surface area contributed by atoms with E-state index in [1.165, 1.54) is 0 Å². The molecule has 9 heteroatoms. The first-order chi connectivity index (χ1) is 20.9. The molecule has 9 nitrogen and oxygen atoms in total. The molecule has 2 aromatic carbocycles. The molecule has 2 amide bonds. The first-order valence-electron chi connectivity index (χ1n) is 15.7. The maximum atomic E-state index is 13.1. The topological polar surface area (TPSA) is 86.1 Å². The van der Waals surface area contributed by atoms with E-state index < -0.39 is 16.7 Å². The lowest BCUT2D eigenvalue weighted by Gasteiger charge is -2.45. The third kappa shape index (κ3) is 5.64. The SMILES string of the molecule is Cn1c(C2CCN(C(=O)OC(C)(C)C)C(C)(C)C2)nc2c1C1(CCN(C(=O)OCc3ccccc3)CC1)Oc1ccccc1-2. The number of fused-ring (bicyclic) bond motifs is 4. The largest absolute Gasteiger partial charge is 0.480 e. The summed E-state index contributed by atoms with van der Waals surface area (Å²) in [5.41, 5.74) is 2.44. The van der Waals surface area contributed by atoms with E-state index in [1.54, 1.807) is 4.90 Å². The molecule has 1 aromatic heterocycles. The van der Waals surface area contributed by atoms with Gasteiger partial charge in [0.1, 0.15) is 23.8 Å². The number of piperidine rings is 2. The standard InChI is InChI=1S/C35H44N4O5/c1-33(2,3)44-32(41)39-19-16-25(22-34(39,4)5)30-36-28-26-14-10-11-15-27(26)43-35(29(28)37(30)6)17-20-38(21-18-35)31(40)42-23-24-12-8-7-9-13-24/h7-15,25H,16-23H2,1-6H3. The zero-order chi connectivity index (χ0) is 31.3. The second-order valence-electron chi connectivity index (χ2n) is 14.0. The Hall–Kier alpha value is -4.01. The Morgan fingerprint density at radius 1 is 0.977 bits per heavy atom. The predicted octanol–water partition coefficient (Wildman–Crippen LogP) is 7.00. The summed E-state index contributed by atoms with van der Waals surface area (Å²) in [6.45, 7) is 11.8. The van der Waals surface area contributed by atoms with Crippen molar-refractivity contribution in [3.05, 3.63) is 71.7 Å². The van der Waals surface area contributed by atoms with E-state index in [0.717, 1.165) is 46.9 Å². The van der Waals surface area contributed by atoms with Crippen molar-refractivity contribution in [1.82, 2.24) is 19.4 Å². The van der Waals surface area contributed by atoms with Crippen LogP contribution >= 0.6 is 0 Å². The van der Waals surface area contributed by atoms with Gasteiger partial charge in [-0.2, -0.15) is 0 Å². The summed E-state index contributed by atoms with van der Waals surface area (Å²) in [7, 11) is 2.09. The smallest absolute Gasteiger partial charge is 0.410 e. The van der Waals surface area contributed by atoms with Gasteiger partial charge in [-0.05, 0) is 65.2 Å². The van der Waals surface area contributed by atoms with E-state index in [4.69, 9.17) is 19.2 Å². The molecular weight excluding hydrogens is 556 g/mol. The molecule has 2 saturated heterocycles. The van der Waals surface area contributed by atoms with Crippen molar-refractivity contribution in [2.24, 2.45) is 7.05 Å². The highest BCUT2D eigenvalue weighted by Crippen LogP contribution is 2.51. The molecule has 4 heterocycles. The highest BCUT2D eigenvalue weighted by Gasteiger charge is 2.49. The van der Waals surface area contributed by atoms with Crippen LogP contribution in [-0.2, 0) is 28.7 Å². The van der Waals surface area contributed by atoms with Crippen molar-refractivity contribution in [3.63, 3.8) is 0 Å². The normalized spacial score (nSPS) is 20.4. The molecule has 1 atom stereocenters. The summed E-state index contributed by atoms with van der Waals surface area (Å²) >= 11 is 0. The van der Waals surface area contributed by atoms with E-state index in [9.17, 15) is 9.59 Å². The molecule has 234 valence electrons. The van der Waals surface area contributed by atoms with E-state index >= 15 is 0 Å². The number of imidazole rings is 1. The highest BCUT2D eigenvalue weighted by molar-refractivity contribution is 5.74. The Balaban J connectivity index is 1.24. The number of rotatable bonds is 3. The van der Waals surface area contributed by atoms with Gasteiger partial charge in [0.15, 0.2) is 5.60 Å². The van der Waals surface area contributed by atoms with E-state index in [2.05, 4.69) is 31.5 Å². The minimum Gasteiger partial charge on any atom is -0.480 e. The number of hydrogen-bond acceptors (Lipinski definition) is 6. The summed E-state index contributed by atoms with van der Waals surface area (Å²) in [5, 5.41) is 0. The number of ether oxygens (including phenoxy) is 3. The van der Waals surface area contributed by atoms with Crippen LogP contribution < -0.4 is 4.74 Å². The quantitative estimate of drug-likeness (QED) is 0.322. The van der Waals surface area contributed by atoms with Gasteiger partial charge in [0.05, 0.1) is 11.4 Å². The van der Waals surface area contributed by atoms with Gasteiger partial charge in [-0.15, -0.1) is 0 Å². The molecule has 3 aliphatic rings. The highest BCUT2D eigenvalue weighted by atomic mass is 16.6. The Morgan fingerprint density at radius 2 is 1.66 bits per heavy atom. The average Bonchev–Trinajstić information content (AvgIpc) is 3.33. The van der Waals surface area contributed by atoms with E-state index in [-0.39, 0.29) is 24.7 Å². The minimum atomic E-state index is -0.605. The number of likely N-dealkylation sites (tertiary alicyclic amines) is 2. The van der Waals surface area contributed by atoms with Crippen LogP contribution in [0.5, 0.6) is 5.75 Å². The van der Waals surface area contributed by atoms with E-state index in [0.29, 0.717) is 32.5 Å². The molecule has 2 fully saturated rings. The molecule has 6 rings (SSSR count). The molecule has 1 unspecified atom stereocenters. The number of benzene rings is 2. The fourth-order valence-corrected chi connectivity index (χ4v) is 7.08. The van der Waals surface area contributed by atoms with Gasteiger partial charge in [-0.3, -0.25) is 0 Å². The average molecular weight is 601 g/mol. The Morgan fingerprint density at radius 3 is 2.34 bits per heavy atom. The first kappa shape index (κ1) is 30.0. The summed E-state index contributed by atoms with van der Waals surface area (Å²) in [6.07, 6.45) is 2.27. The van der Waals surface area contributed by atoms with Crippen LogP contribution in [0.3, 0.4) is 0 Å². The van der Waals surface area contributed by atoms with Gasteiger partial charge >= 0.3 is 12.2 Å². The number of amides is 2. The van der Waals surface area contributed by atoms with Gasteiger partial charge in [0.25, 0.3) is 0 Å². The second-order valence-corrected chi connectivity index (χ2v) is 14.0. The third-order valence-electron chi connectivity index (χ3n) is 9.20. The molecule has 3 aromatic rings. The summed E-state index contributed by atoms with van der Waals surface area (Å²) in [5.74, 6) is 2.00. The molecule has 44 heavy (non-hydrogen) atoms. The number of aromatic nitrogens is 2. The van der Waals surface area contributed by atoms with Gasteiger partial charge in [0.2, 0.25) is 0 Å². The number of carbonyl (C=O) groups excluding carboxylic acids is 2. The fraction of sp³-hybridized carbons (Fsp3) is 0.514. The van der Waals surface area contributed by atoms with Crippen molar-refractivity contribution < 1.29 is 23.8 Å². The molecular formula is C35H44N4O5. The summed E-state index contributed by atoms with van der Waals surface area (Å²) < 4.78 is 20.5. The van der Waals surface area contributed by atoms with Crippen LogP contribution in [-0.4, -0.2) is 62.3 Å². The number of carbonyl (C=O) groups is 2. The maximum absolute atomic E-state index is 13.1. The zero-order valence-corrected chi connectivity index (χ0v) is 26.8. The molecule has 0 radical (unpaired) electrons. The van der Waals surface area contributed by atoms with Crippen molar-refractivity contribution >= 4 is 12.2 Å². The summed E-state index contributed by atoms with van der Waals surface area (Å²) in [6, 6.07) is 17.8. The van der Waals surface area contributed by atoms with Crippen LogP contribution in [0.2, 0.25) is 0 Å². The van der Waals surface area contributed by atoms with Crippen molar-refractivity contribution in [1.29, 1.82) is 0 Å². The first-order valence-corrected chi connectivity index (χ1v) is 15.7. The zero-order valence-electron chi connectivity index (χ0n) is 26.8. The van der Waals surface area contributed by atoms with Crippen LogP contribution in [0.1, 0.15) is 83.3 Å². The number of hydrogen-bond donors (Lipinski definition) is 0. The van der Waals surface area contributed by atoms with Gasteiger partial charge in [-0.25, -0.2) is 14.6 Å². The van der Waals surface area contributed by atoms with Crippen molar-refractivity contribution in [2.75, 3.05) is 19.6 Å². The molecule has 3 aliphatic heterocycles. The Labute approximate surface area is 260 Å². The maximum Gasteiger partial charge on any atom is 0.410 e. The monoisotopic (exact) mass is 600 g/mol. The van der Waals surface area contributed by atoms with Crippen molar-refractivity contribution in [3.8, 4) is 17.0 Å². The van der Waals surface area contributed by atoms with Gasteiger partial charge in [0, 0.05) is 56.5 Å². The Kier molecular flexibility index (Phi) is 7.62. The number of nitrogens with zero attached hydrogens (tertiary/aromatic N) is 4. The molecule has 0 saturated carbocycles. The van der Waals surface area contributed by atoms with Crippen molar-refractivity contribution in [2.45, 2.75) is 89.6 Å². The van der Waals surface area contributed by atoms with Crippen LogP contribution in [0.25, 0.3) is 11.3 Å². The van der Waals surface area contributed by atoms with Gasteiger partial charge < -0.3 is 28.6 Å². The van der Waals surface area contributed by atoms with Crippen LogP contribution in [0, 0.1) is 0 Å².